The molecule has 268 valence electrons. The molecule has 0 saturated heterocycles. The van der Waals surface area contributed by atoms with Crippen LogP contribution in [0.4, 0.5) is 18.0 Å². The first kappa shape index (κ1) is 35.0. The molecule has 2 aromatic heterocycles. The number of halogens is 3. The summed E-state index contributed by atoms with van der Waals surface area (Å²) in [5, 5.41) is 13.9. The van der Waals surface area contributed by atoms with E-state index < -0.39 is 35.1 Å². The Labute approximate surface area is 301 Å². The van der Waals surface area contributed by atoms with E-state index in [0.29, 0.717) is 34.8 Å². The van der Waals surface area contributed by atoms with Crippen LogP contribution in [-0.2, 0) is 23.2 Å². The van der Waals surface area contributed by atoms with Crippen molar-refractivity contribution < 1.29 is 37.3 Å². The lowest BCUT2D eigenvalue weighted by atomic mass is 9.74. The Bertz CT molecular complexity index is 2240. The second-order valence-electron chi connectivity index (χ2n) is 12.7. The van der Waals surface area contributed by atoms with Gasteiger partial charge in [0.25, 0.3) is 0 Å². The summed E-state index contributed by atoms with van der Waals surface area (Å²) < 4.78 is 62.6. The summed E-state index contributed by atoms with van der Waals surface area (Å²) in [6, 6.07) is 20.5. The van der Waals surface area contributed by atoms with Gasteiger partial charge >= 0.3 is 6.09 Å². The third-order valence-electron chi connectivity index (χ3n) is 9.26. The topological polar surface area (TPSA) is 121 Å². The number of nitrogens with one attached hydrogen (secondary N) is 3. The van der Waals surface area contributed by atoms with Crippen LogP contribution in [0.15, 0.2) is 90.1 Å². The Morgan fingerprint density at radius 2 is 1.90 bits per heavy atom. The van der Waals surface area contributed by atoms with Crippen LogP contribution in [0.25, 0.3) is 22.3 Å². The third-order valence-corrected chi connectivity index (χ3v) is 10.1. The molecule has 2 atom stereocenters. The highest BCUT2D eigenvalue weighted by molar-refractivity contribution is 7.99. The van der Waals surface area contributed by atoms with Gasteiger partial charge in [-0.3, -0.25) is 0 Å². The molecular weight excluding hydrogens is 694 g/mol. The third kappa shape index (κ3) is 6.81. The molecule has 1 amide bonds. The van der Waals surface area contributed by atoms with Gasteiger partial charge in [0, 0.05) is 41.7 Å². The van der Waals surface area contributed by atoms with Crippen LogP contribution >= 0.6 is 11.8 Å². The number of H-pyrrole nitrogens is 2. The number of nitrogens with zero attached hydrogens (tertiary/aromatic N) is 1. The van der Waals surface area contributed by atoms with Gasteiger partial charge in [0.05, 0.1) is 34.4 Å². The summed E-state index contributed by atoms with van der Waals surface area (Å²) in [5.74, 6) is -2.15. The number of ether oxygens (including phenoxy) is 3. The minimum absolute atomic E-state index is 0.0213. The quantitative estimate of drug-likeness (QED) is 0.0989. The molecule has 0 radical (unpaired) electrons. The first-order valence-corrected chi connectivity index (χ1v) is 17.8. The van der Waals surface area contributed by atoms with Crippen molar-refractivity contribution in [3.63, 3.8) is 0 Å². The maximum Gasteiger partial charge on any atom is 0.407 e. The van der Waals surface area contributed by atoms with E-state index in [0.717, 1.165) is 16.7 Å². The Morgan fingerprint density at radius 1 is 1.08 bits per heavy atom. The number of carbonyl (C=O) groups is 1. The van der Waals surface area contributed by atoms with Crippen LogP contribution in [0, 0.1) is 17.5 Å². The highest BCUT2D eigenvalue weighted by atomic mass is 32.2. The molecule has 2 unspecified atom stereocenters. The fraction of sp³-hybridized carbons (Fsp3) is 0.231. The molecule has 7 rings (SSSR count). The van der Waals surface area contributed by atoms with Crippen LogP contribution in [0.2, 0.25) is 0 Å². The number of imidazole rings is 1. The number of para-hydroxylation sites is 1. The Balaban J connectivity index is 1.08. The van der Waals surface area contributed by atoms with Crippen LogP contribution in [0.1, 0.15) is 35.7 Å². The molecule has 13 heteroatoms. The van der Waals surface area contributed by atoms with Crippen LogP contribution in [-0.4, -0.2) is 51.7 Å². The van der Waals surface area contributed by atoms with Gasteiger partial charge in [-0.05, 0) is 55.0 Å². The Kier molecular flexibility index (Phi) is 9.89. The predicted octanol–water partition coefficient (Wildman–Crippen LogP) is 8.41. The summed E-state index contributed by atoms with van der Waals surface area (Å²) >= 11 is 1.21. The van der Waals surface area contributed by atoms with Crippen molar-refractivity contribution in [2.75, 3.05) is 19.4 Å². The molecule has 1 aliphatic rings. The summed E-state index contributed by atoms with van der Waals surface area (Å²) in [5.41, 5.74) is 2.57. The second-order valence-corrected chi connectivity index (χ2v) is 13.5. The average molecular weight is 729 g/mol. The zero-order chi connectivity index (χ0) is 36.4. The second kappa shape index (κ2) is 14.7. The molecule has 0 spiro atoms. The van der Waals surface area contributed by atoms with Crippen molar-refractivity contribution in [3.05, 3.63) is 125 Å². The van der Waals surface area contributed by atoms with Crippen molar-refractivity contribution in [1.82, 2.24) is 20.3 Å². The van der Waals surface area contributed by atoms with Crippen LogP contribution in [0.5, 0.6) is 17.2 Å². The van der Waals surface area contributed by atoms with Gasteiger partial charge in [0.1, 0.15) is 29.7 Å². The zero-order valence-electron chi connectivity index (χ0n) is 28.3. The molecule has 52 heavy (non-hydrogen) atoms. The number of carbonyl (C=O) groups excluding carboxylic acids is 1. The van der Waals surface area contributed by atoms with E-state index in [4.69, 9.17) is 19.2 Å². The molecule has 0 fully saturated rings. The van der Waals surface area contributed by atoms with Gasteiger partial charge in [-0.15, -0.1) is 11.8 Å². The largest absolute Gasteiger partial charge is 0.493 e. The number of hydrogen-bond acceptors (Lipinski definition) is 7. The van der Waals surface area contributed by atoms with Crippen molar-refractivity contribution in [2.45, 2.75) is 42.8 Å². The van der Waals surface area contributed by atoms with E-state index in [-0.39, 0.29) is 48.0 Å². The molecular formula is C39H35F3N4O5S. The number of benzene rings is 4. The van der Waals surface area contributed by atoms with E-state index >= 15 is 8.78 Å². The first-order valence-electron chi connectivity index (χ1n) is 16.6. The summed E-state index contributed by atoms with van der Waals surface area (Å²) in [6.45, 7) is 2.49. The normalized spacial score (nSPS) is 15.9. The minimum atomic E-state index is -1.15. The fourth-order valence-electron chi connectivity index (χ4n) is 6.48. The lowest BCUT2D eigenvalue weighted by molar-refractivity contribution is 0.125. The summed E-state index contributed by atoms with van der Waals surface area (Å²) in [4.78, 5) is 23.2. The van der Waals surface area contributed by atoms with Crippen molar-refractivity contribution in [3.8, 4) is 28.6 Å². The van der Waals surface area contributed by atoms with E-state index in [9.17, 15) is 14.3 Å². The molecule has 9 nitrogen and oxygen atoms in total. The molecule has 1 aliphatic heterocycles. The molecule has 3 heterocycles. The number of aliphatic hydroxyl groups excluding tert-OH is 1. The number of hydrogen-bond donors (Lipinski definition) is 4. The van der Waals surface area contributed by atoms with Gasteiger partial charge in [0.2, 0.25) is 5.82 Å². The standard InChI is InChI=1S/C39H35F3N4O5S/c1-39(14-16-49-34-23(9-6-10-28(34)39)17-24(47)19-45-38(48)50-21-22-7-4-3-5-8-22)30-20-44-37(46-30)27-18-25(11-12-29(27)40)51-35-32(42)31(41)33-26(13-15-43-33)36(35)52-2/h3-13,15,18,20,24,43,47H,14,16-17,19,21H2,1-2H3,(H,44,46)(H,45,48). The number of alkyl carbamates (subject to hydrolysis) is 1. The molecule has 4 N–H and O–H groups in total. The molecule has 4 aromatic carbocycles. The smallest absolute Gasteiger partial charge is 0.407 e. The van der Waals surface area contributed by atoms with Crippen LogP contribution in [0.3, 0.4) is 0 Å². The molecule has 0 aliphatic carbocycles. The van der Waals surface area contributed by atoms with E-state index in [2.05, 4.69) is 15.3 Å². The van der Waals surface area contributed by atoms with Gasteiger partial charge in [-0.25, -0.2) is 18.6 Å². The highest BCUT2D eigenvalue weighted by Gasteiger charge is 2.38. The minimum Gasteiger partial charge on any atom is -0.493 e. The number of aromatic amines is 2. The average Bonchev–Trinajstić information content (AvgIpc) is 3.86. The summed E-state index contributed by atoms with van der Waals surface area (Å²) in [6.07, 6.45) is 4.21. The Hall–Kier alpha value is -5.40. The maximum atomic E-state index is 15.3. The van der Waals surface area contributed by atoms with Crippen molar-refractivity contribution in [1.29, 1.82) is 0 Å². The van der Waals surface area contributed by atoms with Gasteiger partial charge in [-0.2, -0.15) is 4.39 Å². The lowest BCUT2D eigenvalue weighted by Gasteiger charge is -2.35. The summed E-state index contributed by atoms with van der Waals surface area (Å²) in [7, 11) is 0. The Morgan fingerprint density at radius 3 is 2.71 bits per heavy atom. The molecule has 0 saturated carbocycles. The van der Waals surface area contributed by atoms with Gasteiger partial charge in [-0.1, -0.05) is 48.5 Å². The van der Waals surface area contributed by atoms with E-state index in [1.807, 2.05) is 55.5 Å². The molecule has 0 bridgehead atoms. The zero-order valence-corrected chi connectivity index (χ0v) is 29.1. The monoisotopic (exact) mass is 728 g/mol. The fourth-order valence-corrected chi connectivity index (χ4v) is 7.19. The highest BCUT2D eigenvalue weighted by Crippen LogP contribution is 2.46. The lowest BCUT2D eigenvalue weighted by Crippen LogP contribution is -2.34. The van der Waals surface area contributed by atoms with Crippen LogP contribution < -0.4 is 14.8 Å². The first-order chi connectivity index (χ1) is 25.2. The number of fused-ring (bicyclic) bond motifs is 2. The maximum absolute atomic E-state index is 15.3. The van der Waals surface area contributed by atoms with E-state index in [1.165, 1.54) is 36.2 Å². The van der Waals surface area contributed by atoms with Gasteiger partial charge < -0.3 is 34.6 Å². The number of aromatic nitrogens is 3. The van der Waals surface area contributed by atoms with Crippen molar-refractivity contribution in [2.24, 2.45) is 0 Å². The number of rotatable bonds is 11. The predicted molar refractivity (Wildman–Crippen MR) is 191 cm³/mol. The molecule has 6 aromatic rings. The number of aliphatic hydroxyl groups is 1. The van der Waals surface area contributed by atoms with Gasteiger partial charge in [0.15, 0.2) is 11.6 Å². The number of thioether (sulfide) groups is 1. The van der Waals surface area contributed by atoms with Crippen molar-refractivity contribution >= 4 is 28.8 Å². The van der Waals surface area contributed by atoms with E-state index in [1.54, 1.807) is 18.5 Å². The number of amides is 1. The SMILES string of the molecule is CSc1c(Oc2ccc(F)c(-c3nc(C4(C)CCOc5c(CC(O)CNC(=O)OCc6ccccc6)cccc54)c[nH]3)c2)c(F)c(F)c2[nH]ccc12.